The Hall–Kier alpha value is 0.650. The van der Waals surface area contributed by atoms with Gasteiger partial charge in [0.2, 0.25) is 0 Å². The number of hydrogen-bond donors (Lipinski definition) is 3. The topological polar surface area (TPSA) is 77.8 Å². The maximum atomic E-state index is 9.49. The van der Waals surface area contributed by atoms with Gasteiger partial charge in [-0.2, -0.15) is 0 Å². The number of carbonyl (C=O) groups is 1. The molecule has 0 atom stereocenters. The first kappa shape index (κ1) is 11.4. The minimum atomic E-state index is -1.72. The average Bonchev–Trinajstić information content (AvgIpc) is 1.27. The second-order valence-electron chi connectivity index (χ2n) is 1.08. The van der Waals surface area contributed by atoms with Crippen LogP contribution in [-0.2, 0) is 4.79 Å². The van der Waals surface area contributed by atoms with E-state index in [0.29, 0.717) is 0 Å². The van der Waals surface area contributed by atoms with E-state index in [9.17, 15) is 4.79 Å². The summed E-state index contributed by atoms with van der Waals surface area (Å²) in [4.78, 5) is 9.49. The van der Waals surface area contributed by atoms with Gasteiger partial charge in [-0.1, -0.05) is 0 Å². The van der Waals surface area contributed by atoms with Gasteiger partial charge in [-0.05, 0) is 0 Å². The zero-order chi connectivity index (χ0) is 5.86. The number of aliphatic hydroxyl groups excluding tert-OH is 1. The predicted molar refractivity (Wildman–Crippen MR) is 28.5 cm³/mol. The Morgan fingerprint density at radius 3 is 2.00 bits per heavy atom. The molecule has 46 valence electrons. The molecule has 3 N–H and O–H groups in total. The summed E-state index contributed by atoms with van der Waals surface area (Å²) in [5.74, 6) is -1.21. The maximum Gasteiger partial charge on any atom is 2.00 e. The molecule has 0 bridgehead atoms. The molecular formula is C3H8CaO4. The summed E-state index contributed by atoms with van der Waals surface area (Å²) in [6.45, 7) is 0. The van der Waals surface area contributed by atoms with E-state index in [4.69, 9.17) is 15.3 Å². The zero-order valence-corrected chi connectivity index (χ0v) is 6.45. The van der Waals surface area contributed by atoms with E-state index in [1.807, 2.05) is 0 Å². The van der Waals surface area contributed by atoms with Crippen LogP contribution in [-0.4, -0.2) is 65.3 Å². The molecule has 0 heterocycles. The number of carboxylic acid groups (broad SMARTS) is 1. The van der Waals surface area contributed by atoms with Crippen molar-refractivity contribution in [2.45, 2.75) is 12.7 Å². The molecule has 0 aromatic heterocycles. The van der Waals surface area contributed by atoms with Crippen LogP contribution in [0.5, 0.6) is 0 Å². The molecule has 0 saturated heterocycles. The largest absolute Gasteiger partial charge is 2.00 e. The van der Waals surface area contributed by atoms with Gasteiger partial charge in [0.25, 0.3) is 0 Å². The van der Waals surface area contributed by atoms with Crippen LogP contribution in [0.15, 0.2) is 0 Å². The fraction of sp³-hybridized carbons (Fsp3) is 0.667. The van der Waals surface area contributed by atoms with Crippen molar-refractivity contribution in [1.29, 1.82) is 0 Å². The van der Waals surface area contributed by atoms with Gasteiger partial charge in [-0.15, -0.1) is 0 Å². The van der Waals surface area contributed by atoms with Crippen molar-refractivity contribution in [2.24, 2.45) is 0 Å². The molecule has 0 rings (SSSR count). The quantitative estimate of drug-likeness (QED) is 0.333. The first-order valence-corrected chi connectivity index (χ1v) is 1.71. The third-order valence-electron chi connectivity index (χ3n) is 0.357. The third-order valence-corrected chi connectivity index (χ3v) is 0.357. The Bertz CT molecular complexity index is 78.9. The van der Waals surface area contributed by atoms with Gasteiger partial charge in [-0.25, -0.2) is 0 Å². The summed E-state index contributed by atoms with van der Waals surface area (Å²) < 4.78 is 0. The van der Waals surface area contributed by atoms with Gasteiger partial charge in [-0.3, -0.25) is 4.79 Å². The van der Waals surface area contributed by atoms with Crippen LogP contribution < -0.4 is 0 Å². The minimum Gasteiger partial charge on any atom is -1.00 e. The van der Waals surface area contributed by atoms with E-state index in [-0.39, 0.29) is 40.6 Å². The third kappa shape index (κ3) is 9.82. The van der Waals surface area contributed by atoms with Crippen LogP contribution in [0.25, 0.3) is 0 Å². The Labute approximate surface area is 79.1 Å². The number of hydrogen-bond acceptors (Lipinski definition) is 3. The molecule has 0 saturated carbocycles. The summed E-state index contributed by atoms with van der Waals surface area (Å²) in [6.07, 6.45) is -2.34. The molecule has 0 aromatic rings. The molecule has 0 aromatic carbocycles. The molecule has 0 amide bonds. The van der Waals surface area contributed by atoms with E-state index in [1.54, 1.807) is 0 Å². The fourth-order valence-electron chi connectivity index (χ4n) is 0.156. The van der Waals surface area contributed by atoms with Gasteiger partial charge in [0.1, 0.15) is 0 Å². The molecule has 4 nitrogen and oxygen atoms in total. The monoisotopic (exact) mass is 148 g/mol. The number of aliphatic carboxylic acids is 1. The van der Waals surface area contributed by atoms with Crippen molar-refractivity contribution in [1.82, 2.24) is 0 Å². The SMILES string of the molecule is O=C(O)CC(O)O.[Ca+2].[H-].[H-]. The predicted octanol–water partition coefficient (Wildman–Crippen LogP) is -1.38. The maximum absolute atomic E-state index is 9.49. The van der Waals surface area contributed by atoms with Crippen LogP contribution in [0, 0.1) is 0 Å². The van der Waals surface area contributed by atoms with E-state index in [0.717, 1.165) is 0 Å². The average molecular weight is 148 g/mol. The standard InChI is InChI=1S/C3H6O4.Ca.2H/c4-2(5)1-3(6)7;;;/h2,4-5H,1H2,(H,6,7);;;/q;+2;2*-1. The van der Waals surface area contributed by atoms with Gasteiger partial charge in [0.05, 0.1) is 6.42 Å². The van der Waals surface area contributed by atoms with Crippen LogP contribution in [0.3, 0.4) is 0 Å². The van der Waals surface area contributed by atoms with Crippen LogP contribution >= 0.6 is 0 Å². The van der Waals surface area contributed by atoms with Gasteiger partial charge in [0, 0.05) is 0 Å². The van der Waals surface area contributed by atoms with Crippen molar-refractivity contribution >= 4 is 43.7 Å². The molecule has 0 aliphatic carbocycles. The van der Waals surface area contributed by atoms with Crippen molar-refractivity contribution in [3.8, 4) is 0 Å². The molecule has 0 aliphatic heterocycles. The van der Waals surface area contributed by atoms with Gasteiger partial charge < -0.3 is 18.2 Å². The summed E-state index contributed by atoms with van der Waals surface area (Å²) in [5.41, 5.74) is 0. The molecular weight excluding hydrogens is 140 g/mol. The van der Waals surface area contributed by atoms with E-state index in [2.05, 4.69) is 0 Å². The molecule has 0 unspecified atom stereocenters. The van der Waals surface area contributed by atoms with E-state index < -0.39 is 18.7 Å². The Morgan fingerprint density at radius 1 is 1.62 bits per heavy atom. The van der Waals surface area contributed by atoms with Gasteiger partial charge in [0.15, 0.2) is 6.29 Å². The molecule has 5 heteroatoms. The number of aliphatic hydroxyl groups is 2. The Balaban J connectivity index is -0.0000000600. The molecule has 0 spiro atoms. The first-order valence-electron chi connectivity index (χ1n) is 1.71. The summed E-state index contributed by atoms with van der Waals surface area (Å²) in [7, 11) is 0. The first-order chi connectivity index (χ1) is 3.13. The van der Waals surface area contributed by atoms with Crippen molar-refractivity contribution in [2.75, 3.05) is 0 Å². The normalized spacial score (nSPS) is 8.38. The number of rotatable bonds is 2. The summed E-state index contributed by atoms with van der Waals surface area (Å²) in [5, 5.41) is 23.6. The molecule has 0 aliphatic rings. The summed E-state index contributed by atoms with van der Waals surface area (Å²) >= 11 is 0. The molecule has 0 fully saturated rings. The van der Waals surface area contributed by atoms with Crippen LogP contribution in [0.2, 0.25) is 0 Å². The van der Waals surface area contributed by atoms with Gasteiger partial charge >= 0.3 is 43.7 Å². The van der Waals surface area contributed by atoms with E-state index >= 15 is 0 Å². The zero-order valence-electron chi connectivity index (χ0n) is 6.24. The molecule has 0 radical (unpaired) electrons. The summed E-state index contributed by atoms with van der Waals surface area (Å²) in [6, 6.07) is 0. The Morgan fingerprint density at radius 2 is 2.00 bits per heavy atom. The van der Waals surface area contributed by atoms with E-state index in [1.165, 1.54) is 0 Å². The van der Waals surface area contributed by atoms with Crippen molar-refractivity contribution < 1.29 is 23.0 Å². The second-order valence-corrected chi connectivity index (χ2v) is 1.08. The Kier molecular flexibility index (Phi) is 8.27. The van der Waals surface area contributed by atoms with Crippen molar-refractivity contribution in [3.63, 3.8) is 0 Å². The smallest absolute Gasteiger partial charge is 1.00 e. The molecule has 8 heavy (non-hydrogen) atoms. The van der Waals surface area contributed by atoms with Crippen LogP contribution in [0.1, 0.15) is 9.27 Å². The van der Waals surface area contributed by atoms with Crippen molar-refractivity contribution in [3.05, 3.63) is 0 Å². The number of carboxylic acids is 1. The second kappa shape index (κ2) is 5.78. The van der Waals surface area contributed by atoms with Crippen LogP contribution in [0.4, 0.5) is 0 Å². The minimum absolute atomic E-state index is 0. The fourth-order valence-corrected chi connectivity index (χ4v) is 0.156.